The molecule has 3 aliphatic rings. The van der Waals surface area contributed by atoms with Crippen LogP contribution in [0.5, 0.6) is 5.75 Å². The van der Waals surface area contributed by atoms with Gasteiger partial charge in [0.1, 0.15) is 17.4 Å². The molecule has 3 saturated heterocycles. The minimum atomic E-state index is -1.22. The first-order chi connectivity index (χ1) is 21.6. The third-order valence-corrected chi connectivity index (χ3v) is 10.8. The van der Waals surface area contributed by atoms with Crippen molar-refractivity contribution < 1.29 is 29.0 Å². The largest absolute Gasteiger partial charge is 0.494 e. The summed E-state index contributed by atoms with van der Waals surface area (Å²) in [6, 6.07) is 5.59. The van der Waals surface area contributed by atoms with Gasteiger partial charge in [0.05, 0.1) is 37.2 Å². The normalized spacial score (nSPS) is 28.7. The summed E-state index contributed by atoms with van der Waals surface area (Å²) in [5, 5.41) is 10.7. The number of halogens is 1. The molecule has 4 unspecified atom stereocenters. The van der Waals surface area contributed by atoms with E-state index in [1.807, 2.05) is 52.0 Å². The highest BCUT2D eigenvalue weighted by Crippen LogP contribution is 2.61. The predicted octanol–water partition coefficient (Wildman–Crippen LogP) is 4.96. The summed E-state index contributed by atoms with van der Waals surface area (Å²) >= 11 is 3.79. The molecule has 3 fully saturated rings. The van der Waals surface area contributed by atoms with Gasteiger partial charge < -0.3 is 29.3 Å². The fourth-order valence-electron chi connectivity index (χ4n) is 7.68. The number of hydrogen-bond donors (Lipinski definition) is 1. The second-order valence-corrected chi connectivity index (χ2v) is 13.8. The quantitative estimate of drug-likeness (QED) is 0.195. The van der Waals surface area contributed by atoms with Crippen molar-refractivity contribution in [3.8, 4) is 5.75 Å². The molecule has 0 saturated carbocycles. The number of ether oxygens (including phenoxy) is 2. The Morgan fingerprint density at radius 3 is 2.38 bits per heavy atom. The van der Waals surface area contributed by atoms with Crippen LogP contribution in [0.25, 0.3) is 0 Å². The van der Waals surface area contributed by atoms with Gasteiger partial charge in [0.15, 0.2) is 0 Å². The number of alkyl halides is 1. The van der Waals surface area contributed by atoms with E-state index in [1.54, 1.807) is 26.9 Å². The van der Waals surface area contributed by atoms with Crippen LogP contribution in [0.4, 0.5) is 5.69 Å². The molecule has 3 amide bonds. The Kier molecular flexibility index (Phi) is 11.6. The number of anilines is 1. The van der Waals surface area contributed by atoms with E-state index in [0.29, 0.717) is 37.4 Å². The van der Waals surface area contributed by atoms with Crippen molar-refractivity contribution in [1.29, 1.82) is 0 Å². The number of nitrogens with zero attached hydrogens (tertiary/aromatic N) is 3. The predicted molar refractivity (Wildman–Crippen MR) is 179 cm³/mol. The molecule has 9 atom stereocenters. The van der Waals surface area contributed by atoms with Crippen LogP contribution in [0, 0.1) is 17.8 Å². The van der Waals surface area contributed by atoms with Crippen LogP contribution < -0.4 is 9.64 Å². The van der Waals surface area contributed by atoms with Crippen LogP contribution in [0.3, 0.4) is 0 Å². The molecule has 1 aromatic carbocycles. The molecule has 1 N–H and O–H groups in total. The molecule has 1 aromatic rings. The van der Waals surface area contributed by atoms with Crippen molar-refractivity contribution in [2.24, 2.45) is 17.8 Å². The number of aliphatic hydroxyl groups is 1. The highest BCUT2D eigenvalue weighted by Gasteiger charge is 2.77. The summed E-state index contributed by atoms with van der Waals surface area (Å²) in [6.45, 7) is 18.5. The maximum atomic E-state index is 14.8. The lowest BCUT2D eigenvalue weighted by molar-refractivity contribution is -0.153. The minimum Gasteiger partial charge on any atom is -0.494 e. The fourth-order valence-corrected chi connectivity index (χ4v) is 8.62. The molecular formula is C35H50BrN3O6. The lowest BCUT2D eigenvalue weighted by Crippen LogP contribution is -2.61. The summed E-state index contributed by atoms with van der Waals surface area (Å²) in [5.41, 5.74) is -0.572. The molecule has 9 nitrogen and oxygen atoms in total. The third kappa shape index (κ3) is 6.22. The SMILES string of the molecule is C=CCN(C(=O)[C@H]1[C@H]2C(=O)N([C@@H](CO)[C@@H](C)CC)C(C(=O)N(CC=C)C(C)CCC)C23CC(Br)[C@@H]1O3)c1ccc(OCC)cc1. The number of amides is 3. The number of fused-ring (bicyclic) bond motifs is 1. The number of rotatable bonds is 16. The maximum Gasteiger partial charge on any atom is 0.248 e. The number of hydrogen-bond acceptors (Lipinski definition) is 6. The average molecular weight is 689 g/mol. The molecule has 3 heterocycles. The Morgan fingerprint density at radius 2 is 1.82 bits per heavy atom. The van der Waals surface area contributed by atoms with E-state index < -0.39 is 35.6 Å². The van der Waals surface area contributed by atoms with E-state index in [0.717, 1.165) is 12.8 Å². The van der Waals surface area contributed by atoms with Gasteiger partial charge in [-0.3, -0.25) is 14.4 Å². The average Bonchev–Trinajstić information content (AvgIpc) is 3.62. The van der Waals surface area contributed by atoms with Crippen LogP contribution in [-0.4, -0.2) is 93.6 Å². The molecule has 10 heteroatoms. The standard InChI is InChI=1S/C35H50BrN3O6/c1-8-13-23(7)37(18-9-2)34(43)31-35-20-26(36)30(45-35)28(29(35)33(42)39(31)27(21-40)22(6)11-4)32(41)38(19-10-3)24-14-16-25(17-15-24)44-12-5/h9-10,14-17,22-23,26-31,40H,2-3,8,11-13,18-21H2,1,4-7H3/t22-,23?,26?,27-,28-,29-,30-,31?,35?/m0/s1. The monoisotopic (exact) mass is 687 g/mol. The highest BCUT2D eigenvalue weighted by molar-refractivity contribution is 9.09. The first kappa shape index (κ1) is 35.2. The van der Waals surface area contributed by atoms with Crippen LogP contribution in [0.15, 0.2) is 49.6 Å². The summed E-state index contributed by atoms with van der Waals surface area (Å²) in [5.74, 6) is -1.89. The van der Waals surface area contributed by atoms with Crippen molar-refractivity contribution in [3.05, 3.63) is 49.6 Å². The van der Waals surface area contributed by atoms with Crippen LogP contribution in [0.2, 0.25) is 0 Å². The van der Waals surface area contributed by atoms with Gasteiger partial charge >= 0.3 is 0 Å². The smallest absolute Gasteiger partial charge is 0.248 e. The van der Waals surface area contributed by atoms with Gasteiger partial charge in [-0.1, -0.05) is 61.7 Å². The number of likely N-dealkylation sites (tertiary alicyclic amines) is 1. The van der Waals surface area contributed by atoms with Crippen molar-refractivity contribution in [2.45, 2.75) is 95.0 Å². The van der Waals surface area contributed by atoms with Gasteiger partial charge in [0.25, 0.3) is 0 Å². The van der Waals surface area contributed by atoms with Gasteiger partial charge in [-0.2, -0.15) is 0 Å². The first-order valence-corrected chi connectivity index (χ1v) is 17.3. The highest BCUT2D eigenvalue weighted by atomic mass is 79.9. The zero-order chi connectivity index (χ0) is 33.1. The number of benzene rings is 1. The molecule has 0 aliphatic carbocycles. The molecule has 2 bridgehead atoms. The van der Waals surface area contributed by atoms with Crippen LogP contribution in [-0.2, 0) is 19.1 Å². The number of carbonyl (C=O) groups is 3. The Balaban J connectivity index is 1.83. The summed E-state index contributed by atoms with van der Waals surface area (Å²) in [4.78, 5) is 48.9. The molecular weight excluding hydrogens is 638 g/mol. The van der Waals surface area contributed by atoms with Crippen molar-refractivity contribution in [2.75, 3.05) is 31.2 Å². The van der Waals surface area contributed by atoms with Crippen molar-refractivity contribution in [3.63, 3.8) is 0 Å². The van der Waals surface area contributed by atoms with Gasteiger partial charge in [-0.25, -0.2) is 0 Å². The zero-order valence-electron chi connectivity index (χ0n) is 27.4. The van der Waals surface area contributed by atoms with E-state index in [1.165, 1.54) is 0 Å². The van der Waals surface area contributed by atoms with Crippen LogP contribution >= 0.6 is 15.9 Å². The van der Waals surface area contributed by atoms with E-state index in [9.17, 15) is 19.5 Å². The second kappa shape index (κ2) is 14.8. The van der Waals surface area contributed by atoms with E-state index >= 15 is 0 Å². The molecule has 4 rings (SSSR count). The summed E-state index contributed by atoms with van der Waals surface area (Å²) in [6.07, 6.45) is 5.54. The fraction of sp³-hybridized carbons (Fsp3) is 0.629. The Labute approximate surface area is 276 Å². The van der Waals surface area contributed by atoms with Gasteiger partial charge in [0, 0.05) is 29.6 Å². The summed E-state index contributed by atoms with van der Waals surface area (Å²) < 4.78 is 12.4. The third-order valence-electron chi connectivity index (χ3n) is 9.98. The molecule has 0 aromatic heterocycles. The maximum absolute atomic E-state index is 14.8. The first-order valence-electron chi connectivity index (χ1n) is 16.4. The number of carbonyl (C=O) groups excluding carboxylic acids is 3. The second-order valence-electron chi connectivity index (χ2n) is 12.6. The summed E-state index contributed by atoms with van der Waals surface area (Å²) in [7, 11) is 0. The lowest BCUT2D eigenvalue weighted by atomic mass is 9.70. The lowest BCUT2D eigenvalue weighted by Gasteiger charge is -2.42. The minimum absolute atomic E-state index is 0.0855. The Hall–Kier alpha value is -2.69. The number of aliphatic hydroxyl groups excluding tert-OH is 1. The van der Waals surface area contributed by atoms with E-state index in [2.05, 4.69) is 36.0 Å². The van der Waals surface area contributed by atoms with Gasteiger partial charge in [-0.05, 0) is 56.9 Å². The van der Waals surface area contributed by atoms with Crippen molar-refractivity contribution in [1.82, 2.24) is 9.80 Å². The molecule has 3 aliphatic heterocycles. The molecule has 0 radical (unpaired) electrons. The van der Waals surface area contributed by atoms with Crippen molar-refractivity contribution >= 4 is 39.3 Å². The zero-order valence-corrected chi connectivity index (χ0v) is 28.9. The molecule has 1 spiro atoms. The van der Waals surface area contributed by atoms with Crippen LogP contribution in [0.1, 0.15) is 60.3 Å². The Bertz CT molecular complexity index is 1240. The van der Waals surface area contributed by atoms with E-state index in [-0.39, 0.29) is 47.7 Å². The van der Waals surface area contributed by atoms with Gasteiger partial charge in [0.2, 0.25) is 17.7 Å². The molecule has 45 heavy (non-hydrogen) atoms. The Morgan fingerprint density at radius 1 is 1.16 bits per heavy atom. The topological polar surface area (TPSA) is 99.6 Å². The van der Waals surface area contributed by atoms with E-state index in [4.69, 9.17) is 9.47 Å². The van der Waals surface area contributed by atoms with Gasteiger partial charge in [-0.15, -0.1) is 13.2 Å². The molecule has 248 valence electrons.